The van der Waals surface area contributed by atoms with Crippen LogP contribution in [0.1, 0.15) is 73.4 Å². The molecule has 3 rings (SSSR count). The number of esters is 1. The number of fused-ring (bicyclic) bond motifs is 1. The number of carbonyl (C=O) groups excluding carboxylic acids is 3. The Morgan fingerprint density at radius 2 is 1.40 bits per heavy atom. The second kappa shape index (κ2) is 14.5. The molecule has 10 heteroatoms. The lowest BCUT2D eigenvalue weighted by Crippen LogP contribution is -2.57. The minimum absolute atomic E-state index is 0.124. The average molecular weight is 623 g/mol. The third-order valence-corrected chi connectivity index (χ3v) is 6.56. The second-order valence-corrected chi connectivity index (χ2v) is 14.3. The highest BCUT2D eigenvalue weighted by Gasteiger charge is 2.32. The van der Waals surface area contributed by atoms with Crippen molar-refractivity contribution in [2.75, 3.05) is 6.61 Å². The van der Waals surface area contributed by atoms with Crippen molar-refractivity contribution in [1.29, 1.82) is 0 Å². The van der Waals surface area contributed by atoms with Crippen LogP contribution in [0.3, 0.4) is 0 Å². The predicted molar refractivity (Wildman–Crippen MR) is 176 cm³/mol. The number of nitrogens with two attached hydrogens (primary N) is 1. The molecule has 0 saturated carbocycles. The van der Waals surface area contributed by atoms with Gasteiger partial charge in [0, 0.05) is 23.5 Å². The number of hydrogen-bond donors (Lipinski definition) is 4. The minimum atomic E-state index is -1.11. The summed E-state index contributed by atoms with van der Waals surface area (Å²) >= 11 is 0. The highest BCUT2D eigenvalue weighted by molar-refractivity contribution is 5.93. The minimum Gasteiger partial charge on any atom is -0.488 e. The molecule has 3 aromatic rings. The molecular weight excluding hydrogens is 572 g/mol. The molecule has 45 heavy (non-hydrogen) atoms. The van der Waals surface area contributed by atoms with Gasteiger partial charge in [0.15, 0.2) is 0 Å². The first-order chi connectivity index (χ1) is 20.8. The van der Waals surface area contributed by atoms with Crippen molar-refractivity contribution >= 4 is 28.7 Å². The molecule has 0 aliphatic carbocycles. The van der Waals surface area contributed by atoms with Crippen LogP contribution in [-0.4, -0.2) is 64.3 Å². The maximum absolute atomic E-state index is 13.7. The molecule has 0 aliphatic heterocycles. The molecule has 2 aromatic carbocycles. The molecule has 0 radical (unpaired) electrons. The smallest absolute Gasteiger partial charge is 0.329 e. The molecule has 0 saturated heterocycles. The SMILES string of the molecule is CC(C)(C)OC[C@H](NC(=O)[C@H](N)Cc1c[nH]c2ccccc12)C(=O)N[C@@H](Cc1ccc(OC(C)(C)C)cc1)C(=O)OC(C)(C)C. The zero-order valence-electron chi connectivity index (χ0n) is 28.1. The third-order valence-electron chi connectivity index (χ3n) is 6.56. The summed E-state index contributed by atoms with van der Waals surface area (Å²) in [6, 6.07) is 12.0. The van der Waals surface area contributed by atoms with Crippen molar-refractivity contribution in [1.82, 2.24) is 15.6 Å². The first-order valence-corrected chi connectivity index (χ1v) is 15.4. The molecule has 0 unspecified atom stereocenters. The molecule has 1 aromatic heterocycles. The van der Waals surface area contributed by atoms with Crippen molar-refractivity contribution in [2.24, 2.45) is 5.73 Å². The van der Waals surface area contributed by atoms with Gasteiger partial charge in [-0.3, -0.25) is 9.59 Å². The van der Waals surface area contributed by atoms with E-state index < -0.39 is 47.1 Å². The highest BCUT2D eigenvalue weighted by Crippen LogP contribution is 2.21. The lowest BCUT2D eigenvalue weighted by Gasteiger charge is -2.28. The van der Waals surface area contributed by atoms with E-state index in [1.807, 2.05) is 96.3 Å². The van der Waals surface area contributed by atoms with Crippen molar-refractivity contribution in [3.05, 3.63) is 65.9 Å². The van der Waals surface area contributed by atoms with Gasteiger partial charge in [-0.1, -0.05) is 30.3 Å². The summed E-state index contributed by atoms with van der Waals surface area (Å²) in [4.78, 5) is 43.5. The predicted octanol–water partition coefficient (Wildman–Crippen LogP) is 4.58. The van der Waals surface area contributed by atoms with E-state index in [1.54, 1.807) is 20.8 Å². The number of rotatable bonds is 12. The molecule has 2 amide bonds. The molecule has 3 atom stereocenters. The van der Waals surface area contributed by atoms with Gasteiger partial charge in [-0.2, -0.15) is 0 Å². The van der Waals surface area contributed by atoms with Gasteiger partial charge in [0.1, 0.15) is 29.0 Å². The van der Waals surface area contributed by atoms with Crippen LogP contribution in [0.5, 0.6) is 5.75 Å². The Morgan fingerprint density at radius 1 is 0.778 bits per heavy atom. The van der Waals surface area contributed by atoms with Crippen LogP contribution in [0.4, 0.5) is 0 Å². The van der Waals surface area contributed by atoms with E-state index in [0.29, 0.717) is 5.75 Å². The van der Waals surface area contributed by atoms with Gasteiger partial charge >= 0.3 is 5.97 Å². The van der Waals surface area contributed by atoms with Crippen LogP contribution < -0.4 is 21.1 Å². The number of para-hydroxylation sites is 1. The summed E-state index contributed by atoms with van der Waals surface area (Å²) in [5.41, 5.74) is 7.23. The molecule has 0 fully saturated rings. The number of aromatic amines is 1. The largest absolute Gasteiger partial charge is 0.488 e. The molecule has 0 bridgehead atoms. The molecular formula is C35H50N4O6. The molecule has 5 N–H and O–H groups in total. The Balaban J connectivity index is 1.78. The fraction of sp³-hybridized carbons (Fsp3) is 0.514. The highest BCUT2D eigenvalue weighted by atomic mass is 16.6. The van der Waals surface area contributed by atoms with Gasteiger partial charge in [0.2, 0.25) is 11.8 Å². The van der Waals surface area contributed by atoms with Crippen LogP contribution in [0.15, 0.2) is 54.7 Å². The fourth-order valence-electron chi connectivity index (χ4n) is 4.55. The molecule has 10 nitrogen and oxygen atoms in total. The van der Waals surface area contributed by atoms with E-state index in [9.17, 15) is 14.4 Å². The summed E-state index contributed by atoms with van der Waals surface area (Å²) in [6.45, 7) is 16.6. The second-order valence-electron chi connectivity index (χ2n) is 14.3. The Morgan fingerprint density at radius 3 is 2.00 bits per heavy atom. The summed E-state index contributed by atoms with van der Waals surface area (Å²) < 4.78 is 17.5. The van der Waals surface area contributed by atoms with E-state index in [2.05, 4.69) is 15.6 Å². The number of ether oxygens (including phenoxy) is 3. The number of hydrogen-bond acceptors (Lipinski definition) is 7. The fourth-order valence-corrected chi connectivity index (χ4v) is 4.55. The van der Waals surface area contributed by atoms with Crippen molar-refractivity contribution < 1.29 is 28.6 Å². The van der Waals surface area contributed by atoms with Gasteiger partial charge in [-0.05, 0) is 98.1 Å². The number of H-pyrrole nitrogens is 1. The number of benzene rings is 2. The molecule has 1 heterocycles. The Kier molecular flexibility index (Phi) is 11.4. The number of aromatic nitrogens is 1. The lowest BCUT2D eigenvalue weighted by molar-refractivity contribution is -0.159. The number of carbonyl (C=O) groups is 3. The molecule has 0 spiro atoms. The van der Waals surface area contributed by atoms with Gasteiger partial charge < -0.3 is 35.6 Å². The van der Waals surface area contributed by atoms with Crippen LogP contribution in [0.25, 0.3) is 10.9 Å². The van der Waals surface area contributed by atoms with Gasteiger partial charge in [0.05, 0.1) is 18.2 Å². The zero-order chi connectivity index (χ0) is 33.6. The number of amides is 2. The first-order valence-electron chi connectivity index (χ1n) is 15.4. The standard InChI is InChI=1S/C35H50N4O6/c1-33(2,3)43-21-29(39-30(40)26(36)19-23-20-37-27-13-11-10-12-25(23)27)31(41)38-28(32(42)45-35(7,8)9)18-22-14-16-24(17-15-22)44-34(4,5)6/h10-17,20,26,28-29,37H,18-19,21,36H2,1-9H3,(H,38,41)(H,39,40)/t26-,28+,29+/m1/s1. The molecule has 246 valence electrons. The topological polar surface area (TPSA) is 145 Å². The number of nitrogens with one attached hydrogen (secondary N) is 3. The van der Waals surface area contributed by atoms with E-state index in [1.165, 1.54) is 0 Å². The zero-order valence-corrected chi connectivity index (χ0v) is 28.1. The van der Waals surface area contributed by atoms with E-state index >= 15 is 0 Å². The summed E-state index contributed by atoms with van der Waals surface area (Å²) in [5, 5.41) is 6.54. The van der Waals surface area contributed by atoms with Crippen molar-refractivity contribution in [3.8, 4) is 5.75 Å². The normalized spacial score (nSPS) is 14.4. The maximum Gasteiger partial charge on any atom is 0.329 e. The maximum atomic E-state index is 13.7. The summed E-state index contributed by atoms with van der Waals surface area (Å²) in [6.07, 6.45) is 2.26. The van der Waals surface area contributed by atoms with E-state index in [-0.39, 0.29) is 25.0 Å². The van der Waals surface area contributed by atoms with Crippen LogP contribution >= 0.6 is 0 Å². The quantitative estimate of drug-likeness (QED) is 0.216. The summed E-state index contributed by atoms with van der Waals surface area (Å²) in [5.74, 6) is -1.00. The Labute approximate surface area is 266 Å². The Bertz CT molecular complexity index is 1440. The van der Waals surface area contributed by atoms with Crippen LogP contribution in [0.2, 0.25) is 0 Å². The first kappa shape index (κ1) is 35.6. The third kappa shape index (κ3) is 11.9. The van der Waals surface area contributed by atoms with Crippen molar-refractivity contribution in [3.63, 3.8) is 0 Å². The molecule has 0 aliphatic rings. The van der Waals surface area contributed by atoms with Crippen LogP contribution in [-0.2, 0) is 36.7 Å². The average Bonchev–Trinajstić information content (AvgIpc) is 3.31. The van der Waals surface area contributed by atoms with E-state index in [4.69, 9.17) is 19.9 Å². The van der Waals surface area contributed by atoms with Gasteiger partial charge in [0.25, 0.3) is 0 Å². The van der Waals surface area contributed by atoms with E-state index in [0.717, 1.165) is 22.0 Å². The lowest BCUT2D eigenvalue weighted by atomic mass is 10.0. The van der Waals surface area contributed by atoms with Gasteiger partial charge in [-0.15, -0.1) is 0 Å². The van der Waals surface area contributed by atoms with Crippen LogP contribution in [0, 0.1) is 0 Å². The Hall–Kier alpha value is -3.89. The van der Waals surface area contributed by atoms with Crippen molar-refractivity contribution in [2.45, 2.75) is 110 Å². The monoisotopic (exact) mass is 622 g/mol. The van der Waals surface area contributed by atoms with Gasteiger partial charge in [-0.25, -0.2) is 4.79 Å². The summed E-state index contributed by atoms with van der Waals surface area (Å²) in [7, 11) is 0.